The zero-order valence-corrected chi connectivity index (χ0v) is 14.2. The molecule has 2 aromatic rings. The molecule has 1 unspecified atom stereocenters. The van der Waals surface area contributed by atoms with E-state index in [-0.39, 0.29) is 30.2 Å². The van der Waals surface area contributed by atoms with Crippen LogP contribution >= 0.6 is 0 Å². The first-order valence-electron chi connectivity index (χ1n) is 8.84. The van der Waals surface area contributed by atoms with Crippen molar-refractivity contribution in [3.63, 3.8) is 0 Å². The fourth-order valence-corrected chi connectivity index (χ4v) is 3.96. The third-order valence-corrected chi connectivity index (χ3v) is 5.36. The average molecular weight is 341 g/mol. The molecule has 0 radical (unpaired) electrons. The summed E-state index contributed by atoms with van der Waals surface area (Å²) >= 11 is 0. The topological polar surface area (TPSA) is 83.9 Å². The molecule has 7 heteroatoms. The van der Waals surface area contributed by atoms with E-state index in [2.05, 4.69) is 16.1 Å². The van der Waals surface area contributed by atoms with Crippen molar-refractivity contribution in [2.24, 2.45) is 11.7 Å². The lowest BCUT2D eigenvalue weighted by molar-refractivity contribution is -0.130. The number of hydrogen-bond donors (Lipinski definition) is 1. The van der Waals surface area contributed by atoms with Crippen LogP contribution in [0.5, 0.6) is 0 Å². The standard InChI is InChI=1S/C18H23N5O2/c19-18(25)13-9-17(24)23(10-13)15-4-7-21(8-5-15)11-14-12-22-6-2-1-3-16(22)20-14/h1-3,6,12-13,15H,4-5,7-11H2,(H2,19,25). The van der Waals surface area contributed by atoms with Crippen LogP contribution in [0.4, 0.5) is 0 Å². The van der Waals surface area contributed by atoms with Crippen LogP contribution in [0.1, 0.15) is 25.0 Å². The SMILES string of the molecule is NC(=O)C1CC(=O)N(C2CCN(Cc3cn4ccccc4n3)CC2)C1. The van der Waals surface area contributed by atoms with Gasteiger partial charge in [0.2, 0.25) is 11.8 Å². The van der Waals surface area contributed by atoms with E-state index in [0.717, 1.165) is 43.8 Å². The van der Waals surface area contributed by atoms with E-state index < -0.39 is 0 Å². The van der Waals surface area contributed by atoms with Gasteiger partial charge in [-0.1, -0.05) is 6.07 Å². The van der Waals surface area contributed by atoms with Crippen LogP contribution in [0.3, 0.4) is 0 Å². The molecule has 0 aliphatic carbocycles. The Bertz CT molecular complexity index is 761. The van der Waals surface area contributed by atoms with Crippen molar-refractivity contribution in [3.05, 3.63) is 36.3 Å². The monoisotopic (exact) mass is 341 g/mol. The number of hydrogen-bond acceptors (Lipinski definition) is 4. The van der Waals surface area contributed by atoms with Crippen molar-refractivity contribution < 1.29 is 9.59 Å². The summed E-state index contributed by atoms with van der Waals surface area (Å²) in [5.74, 6) is -0.605. The second kappa shape index (κ2) is 6.48. The van der Waals surface area contributed by atoms with E-state index >= 15 is 0 Å². The quantitative estimate of drug-likeness (QED) is 0.884. The summed E-state index contributed by atoms with van der Waals surface area (Å²) in [6, 6.07) is 6.22. The van der Waals surface area contributed by atoms with Gasteiger partial charge in [-0.15, -0.1) is 0 Å². The predicted molar refractivity (Wildman–Crippen MR) is 92.5 cm³/mol. The zero-order valence-electron chi connectivity index (χ0n) is 14.2. The minimum Gasteiger partial charge on any atom is -0.369 e. The molecule has 2 aliphatic heterocycles. The average Bonchev–Trinajstić information content (AvgIpc) is 3.18. The number of piperidine rings is 1. The maximum Gasteiger partial charge on any atom is 0.223 e. The summed E-state index contributed by atoms with van der Waals surface area (Å²) in [7, 11) is 0. The third kappa shape index (κ3) is 3.24. The molecule has 2 N–H and O–H groups in total. The van der Waals surface area contributed by atoms with Crippen molar-refractivity contribution in [3.8, 4) is 0 Å². The van der Waals surface area contributed by atoms with Crippen molar-refractivity contribution in [2.75, 3.05) is 19.6 Å². The lowest BCUT2D eigenvalue weighted by Crippen LogP contribution is -2.45. The number of primary amides is 1. The predicted octanol–water partition coefficient (Wildman–Crippen LogP) is 0.633. The third-order valence-electron chi connectivity index (χ3n) is 5.36. The molecule has 7 nitrogen and oxygen atoms in total. The minimum absolute atomic E-state index is 0.0719. The zero-order chi connectivity index (χ0) is 17.4. The summed E-state index contributed by atoms with van der Waals surface area (Å²) < 4.78 is 2.04. The van der Waals surface area contributed by atoms with Gasteiger partial charge in [-0.05, 0) is 25.0 Å². The number of imidazole rings is 1. The highest BCUT2D eigenvalue weighted by atomic mass is 16.2. The van der Waals surface area contributed by atoms with Crippen LogP contribution < -0.4 is 5.73 Å². The maximum absolute atomic E-state index is 12.2. The van der Waals surface area contributed by atoms with Gasteiger partial charge < -0.3 is 15.0 Å². The van der Waals surface area contributed by atoms with Crippen LogP contribution in [-0.2, 0) is 16.1 Å². The number of fused-ring (bicyclic) bond motifs is 1. The molecule has 0 spiro atoms. The summed E-state index contributed by atoms with van der Waals surface area (Å²) in [5, 5.41) is 0. The molecule has 2 amide bonds. The molecule has 0 bridgehead atoms. The number of carbonyl (C=O) groups is 2. The summed E-state index contributed by atoms with van der Waals surface area (Å²) in [4.78, 5) is 32.4. The van der Waals surface area contributed by atoms with Gasteiger partial charge >= 0.3 is 0 Å². The smallest absolute Gasteiger partial charge is 0.223 e. The molecule has 132 valence electrons. The molecule has 0 aromatic carbocycles. The summed E-state index contributed by atoms with van der Waals surface area (Å²) in [5.41, 5.74) is 7.39. The van der Waals surface area contributed by atoms with Crippen LogP contribution in [0.15, 0.2) is 30.6 Å². The molecular weight excluding hydrogens is 318 g/mol. The number of likely N-dealkylation sites (tertiary alicyclic amines) is 2. The van der Waals surface area contributed by atoms with Crippen LogP contribution in [0.2, 0.25) is 0 Å². The van der Waals surface area contributed by atoms with E-state index in [9.17, 15) is 9.59 Å². The van der Waals surface area contributed by atoms with Gasteiger partial charge in [0.25, 0.3) is 0 Å². The van der Waals surface area contributed by atoms with Crippen LogP contribution in [0, 0.1) is 5.92 Å². The fraction of sp³-hybridized carbons (Fsp3) is 0.500. The van der Waals surface area contributed by atoms with E-state index in [1.54, 1.807) is 0 Å². The second-order valence-corrected chi connectivity index (χ2v) is 7.06. The molecule has 25 heavy (non-hydrogen) atoms. The van der Waals surface area contributed by atoms with Gasteiger partial charge in [0.15, 0.2) is 0 Å². The number of nitrogens with two attached hydrogens (primary N) is 1. The van der Waals surface area contributed by atoms with Crippen molar-refractivity contribution in [1.82, 2.24) is 19.2 Å². The minimum atomic E-state index is -0.361. The normalized spacial score (nSPS) is 22.8. The Labute approximate surface area is 146 Å². The second-order valence-electron chi connectivity index (χ2n) is 7.06. The molecule has 2 fully saturated rings. The Balaban J connectivity index is 1.34. The Hall–Kier alpha value is -2.41. The Morgan fingerprint density at radius 3 is 2.76 bits per heavy atom. The molecule has 4 rings (SSSR count). The van der Waals surface area contributed by atoms with Gasteiger partial charge in [0, 0.05) is 51.0 Å². The Morgan fingerprint density at radius 1 is 1.28 bits per heavy atom. The highest BCUT2D eigenvalue weighted by Crippen LogP contribution is 2.26. The van der Waals surface area contributed by atoms with Crippen LogP contribution in [-0.4, -0.2) is 56.7 Å². The number of carbonyl (C=O) groups excluding carboxylic acids is 2. The van der Waals surface area contributed by atoms with E-state index in [0.29, 0.717) is 6.54 Å². The van der Waals surface area contributed by atoms with E-state index in [1.807, 2.05) is 33.7 Å². The maximum atomic E-state index is 12.2. The van der Waals surface area contributed by atoms with E-state index in [1.165, 1.54) is 0 Å². The number of amides is 2. The number of pyridine rings is 1. The highest BCUT2D eigenvalue weighted by molar-refractivity contribution is 5.88. The molecule has 1 atom stereocenters. The van der Waals surface area contributed by atoms with Crippen molar-refractivity contribution >= 4 is 17.5 Å². The number of aromatic nitrogens is 2. The number of rotatable bonds is 4. The van der Waals surface area contributed by atoms with Gasteiger partial charge in [-0.3, -0.25) is 14.5 Å². The first kappa shape index (κ1) is 16.1. The fourth-order valence-electron chi connectivity index (χ4n) is 3.96. The van der Waals surface area contributed by atoms with Crippen molar-refractivity contribution in [2.45, 2.75) is 31.8 Å². The lowest BCUT2D eigenvalue weighted by atomic mass is 10.0. The Morgan fingerprint density at radius 2 is 2.08 bits per heavy atom. The van der Waals surface area contributed by atoms with Crippen molar-refractivity contribution in [1.29, 1.82) is 0 Å². The molecule has 2 saturated heterocycles. The summed E-state index contributed by atoms with van der Waals surface area (Å²) in [6.45, 7) is 3.19. The molecule has 4 heterocycles. The first-order valence-corrected chi connectivity index (χ1v) is 8.84. The largest absolute Gasteiger partial charge is 0.369 e. The molecule has 2 aliphatic rings. The van der Waals surface area contributed by atoms with E-state index in [4.69, 9.17) is 5.73 Å². The van der Waals surface area contributed by atoms with Gasteiger partial charge in [-0.2, -0.15) is 0 Å². The Kier molecular flexibility index (Phi) is 4.17. The van der Waals surface area contributed by atoms with Gasteiger partial charge in [0.05, 0.1) is 11.6 Å². The van der Waals surface area contributed by atoms with Gasteiger partial charge in [0.1, 0.15) is 5.65 Å². The molecular formula is C18H23N5O2. The highest BCUT2D eigenvalue weighted by Gasteiger charge is 2.38. The summed E-state index contributed by atoms with van der Waals surface area (Å²) in [6.07, 6.45) is 6.22. The van der Waals surface area contributed by atoms with Crippen LogP contribution in [0.25, 0.3) is 5.65 Å². The molecule has 0 saturated carbocycles. The lowest BCUT2D eigenvalue weighted by Gasteiger charge is -2.36. The number of nitrogens with zero attached hydrogens (tertiary/aromatic N) is 4. The first-order chi connectivity index (χ1) is 12.1. The molecule has 2 aromatic heterocycles. The van der Waals surface area contributed by atoms with Gasteiger partial charge in [-0.25, -0.2) is 4.98 Å².